The fourth-order valence-corrected chi connectivity index (χ4v) is 15.2. The normalized spacial score (nSPS) is 18.5. The molecule has 0 N–H and O–H groups in total. The van der Waals surface area contributed by atoms with Crippen molar-refractivity contribution in [1.29, 1.82) is 0 Å². The van der Waals surface area contributed by atoms with E-state index in [1.165, 1.54) is 45.8 Å². The molecule has 0 bridgehead atoms. The summed E-state index contributed by atoms with van der Waals surface area (Å²) in [4.78, 5) is 2.35. The van der Waals surface area contributed by atoms with Crippen LogP contribution in [0.3, 0.4) is 0 Å². The first kappa shape index (κ1) is 38.2. The van der Waals surface area contributed by atoms with Gasteiger partial charge in [0.15, 0.2) is 0 Å². The van der Waals surface area contributed by atoms with Crippen molar-refractivity contribution in [3.63, 3.8) is 0 Å². The van der Waals surface area contributed by atoms with Gasteiger partial charge in [-0.2, -0.15) is 6.92 Å². The second-order valence-corrected chi connectivity index (χ2v) is 22.6. The number of hydrogen-bond donors (Lipinski definition) is 0. The van der Waals surface area contributed by atoms with Crippen molar-refractivity contribution in [3.8, 4) is 0 Å². The van der Waals surface area contributed by atoms with Crippen molar-refractivity contribution in [2.45, 2.75) is 154 Å². The fourth-order valence-electron chi connectivity index (χ4n) is 8.15. The maximum absolute atomic E-state index is 5.67. The Hall–Kier alpha value is -0.257. The Bertz CT molecular complexity index is 1020. The maximum atomic E-state index is 5.67. The zero-order chi connectivity index (χ0) is 31.7. The molecule has 3 aliphatic rings. The number of hydrogen-bond acceptors (Lipinski definition) is 1. The van der Waals surface area contributed by atoms with Gasteiger partial charge in [0, 0.05) is 13.6 Å². The zero-order valence-corrected chi connectivity index (χ0v) is 32.8. The second kappa shape index (κ2) is 21.6. The Balaban J connectivity index is 0.000000190. The molecule has 0 aliphatic heterocycles. The van der Waals surface area contributed by atoms with Gasteiger partial charge in [0.25, 0.3) is 0 Å². The van der Waals surface area contributed by atoms with Crippen LogP contribution in [0.2, 0.25) is 0 Å². The molecule has 0 aromatic heterocycles. The molecule has 2 aromatic carbocycles. The fraction of sp³-hybridized carbons (Fsp3) is 0.641. The Morgan fingerprint density at radius 3 is 1.55 bits per heavy atom. The van der Waals surface area contributed by atoms with Crippen molar-refractivity contribution in [3.05, 3.63) is 71.3 Å². The predicted octanol–water partition coefficient (Wildman–Crippen LogP) is 13.0. The van der Waals surface area contributed by atoms with Crippen LogP contribution in [0.25, 0.3) is 0 Å². The third kappa shape index (κ3) is 13.1. The number of benzene rings is 2. The average Bonchev–Trinajstić information content (AvgIpc) is 3.03. The summed E-state index contributed by atoms with van der Waals surface area (Å²) >= 11 is -1.61. The van der Waals surface area contributed by atoms with Gasteiger partial charge in [0.2, 0.25) is 0 Å². The number of anilines is 1. The van der Waals surface area contributed by atoms with Gasteiger partial charge in [0.1, 0.15) is 0 Å². The first-order valence-electron chi connectivity index (χ1n) is 17.7. The van der Waals surface area contributed by atoms with Gasteiger partial charge in [0.05, 0.1) is 17.0 Å². The molecule has 250 valence electrons. The van der Waals surface area contributed by atoms with E-state index in [1.54, 1.807) is 96.3 Å². The summed E-state index contributed by atoms with van der Waals surface area (Å²) in [6.45, 7) is 14.1. The average molecular weight is 748 g/mol. The van der Waals surface area contributed by atoms with E-state index < -0.39 is 13.5 Å². The molecule has 3 fully saturated rings. The van der Waals surface area contributed by atoms with Crippen LogP contribution < -0.4 is 4.90 Å². The third-order valence-electron chi connectivity index (χ3n) is 9.92. The molecule has 0 unspecified atom stereocenters. The monoisotopic (exact) mass is 747 g/mol. The number of halogens is 2. The summed E-state index contributed by atoms with van der Waals surface area (Å²) in [6, 6.07) is 14.4. The first-order chi connectivity index (χ1) is 21.3. The Labute approximate surface area is 286 Å². The van der Waals surface area contributed by atoms with E-state index in [0.29, 0.717) is 0 Å². The van der Waals surface area contributed by atoms with Crippen LogP contribution in [0.4, 0.5) is 5.69 Å². The van der Waals surface area contributed by atoms with E-state index in [2.05, 4.69) is 58.2 Å². The van der Waals surface area contributed by atoms with Gasteiger partial charge in [-0.1, -0.05) is 43.9 Å². The third-order valence-corrected chi connectivity index (χ3v) is 16.4. The molecule has 44 heavy (non-hydrogen) atoms. The molecule has 3 aliphatic carbocycles. The summed E-state index contributed by atoms with van der Waals surface area (Å²) in [7, 11) is 11.3. The van der Waals surface area contributed by atoms with Crippen molar-refractivity contribution in [1.82, 2.24) is 0 Å². The molecule has 0 amide bonds. The quantitative estimate of drug-likeness (QED) is 0.148. The minimum atomic E-state index is -1.61. The molecule has 0 heterocycles. The minimum absolute atomic E-state index is 0.0465. The summed E-state index contributed by atoms with van der Waals surface area (Å²) in [5.74, 6) is 0. The molecule has 2 aromatic rings. The predicted molar refractivity (Wildman–Crippen MR) is 201 cm³/mol. The van der Waals surface area contributed by atoms with Crippen molar-refractivity contribution >= 4 is 37.6 Å². The van der Waals surface area contributed by atoms with Crippen LogP contribution in [0, 0.1) is 27.3 Å². The van der Waals surface area contributed by atoms with Gasteiger partial charge >= 0.3 is 73.4 Å². The van der Waals surface area contributed by atoms with Gasteiger partial charge in [-0.25, -0.2) is 6.54 Å². The number of nitrogens with zero attached hydrogens (tertiary/aromatic N) is 1. The van der Waals surface area contributed by atoms with E-state index in [-0.39, 0.29) is 7.92 Å². The molecule has 5 heteroatoms. The van der Waals surface area contributed by atoms with Gasteiger partial charge < -0.3 is 4.90 Å². The van der Waals surface area contributed by atoms with Crippen LogP contribution in [0.15, 0.2) is 42.5 Å². The molecule has 0 spiro atoms. The molecule has 0 saturated heterocycles. The summed E-state index contributed by atoms with van der Waals surface area (Å²) in [6.07, 6.45) is 25.0. The molecular formula is C39H62Cl2NPRu. The van der Waals surface area contributed by atoms with Gasteiger partial charge in [-0.3, -0.25) is 0 Å². The SMILES string of the molecule is C1CCC([PH+](C2CCCCC2)C2CCCCC2)CC1.C[CH-]N(CCC)c1c(C)cc(C)cc1C.[Cl][Ru]([Cl])=[CH]c1ccccc1. The molecule has 1 nitrogen and oxygen atoms in total. The van der Waals surface area contributed by atoms with Crippen LogP contribution in [-0.2, 0) is 13.5 Å². The van der Waals surface area contributed by atoms with Crippen molar-refractivity contribution in [2.75, 3.05) is 11.4 Å². The summed E-state index contributed by atoms with van der Waals surface area (Å²) in [5, 5.41) is 0. The molecular weight excluding hydrogens is 685 g/mol. The van der Waals surface area contributed by atoms with E-state index in [4.69, 9.17) is 19.4 Å². The van der Waals surface area contributed by atoms with Crippen LogP contribution in [-0.4, -0.2) is 28.1 Å². The van der Waals surface area contributed by atoms with Crippen molar-refractivity contribution < 1.29 is 13.5 Å². The Morgan fingerprint density at radius 2 is 1.18 bits per heavy atom. The van der Waals surface area contributed by atoms with Crippen LogP contribution in [0.5, 0.6) is 0 Å². The topological polar surface area (TPSA) is 3.24 Å². The Morgan fingerprint density at radius 1 is 0.750 bits per heavy atom. The number of rotatable bonds is 8. The van der Waals surface area contributed by atoms with Crippen molar-refractivity contribution in [2.24, 2.45) is 0 Å². The zero-order valence-electron chi connectivity index (χ0n) is 28.5. The Kier molecular flexibility index (Phi) is 18.7. The standard InChI is InChI=1S/C18H33P.C14H22N.C7H6.2ClH.Ru/c1-4-10-16(11-5-1)19(17-12-6-2-7-13-17)18-14-8-3-9-15-18;1-6-8-15(7-2)14-12(4)9-11(3)10-13(14)5;1-7-5-3-2-4-6-7;;;/h16-18H,1-15H2;7,9-10H,6,8H2,1-5H3;1-6H;2*1H;/q;-1;;;;+2/p-1. The molecule has 5 rings (SSSR count). The molecule has 3 saturated carbocycles. The summed E-state index contributed by atoms with van der Waals surface area (Å²) in [5.41, 5.74) is 10.3. The summed E-state index contributed by atoms with van der Waals surface area (Å²) < 4.78 is 1.92. The van der Waals surface area contributed by atoms with Gasteiger partial charge in [-0.15, -0.1) is 0 Å². The number of aryl methyl sites for hydroxylation is 3. The van der Waals surface area contributed by atoms with Crippen LogP contribution in [0.1, 0.15) is 139 Å². The molecule has 0 radical (unpaired) electrons. The van der Waals surface area contributed by atoms with Crippen LogP contribution >= 0.6 is 27.3 Å². The first-order valence-corrected chi connectivity index (χ1v) is 24.9. The molecule has 0 atom stereocenters. The van der Waals surface area contributed by atoms with E-state index in [9.17, 15) is 0 Å². The van der Waals surface area contributed by atoms with Gasteiger partial charge in [-0.05, 0) is 122 Å². The van der Waals surface area contributed by atoms with E-state index in [0.717, 1.165) is 12.1 Å². The second-order valence-electron chi connectivity index (χ2n) is 13.4. The van der Waals surface area contributed by atoms with E-state index in [1.807, 2.05) is 34.9 Å². The van der Waals surface area contributed by atoms with E-state index >= 15 is 0 Å².